The average molecular weight is 523 g/mol. The molecule has 7 nitrogen and oxygen atoms in total. The molecular formula is C25H29F3N4O3S. The van der Waals surface area contributed by atoms with E-state index in [-0.39, 0.29) is 19.6 Å². The highest BCUT2D eigenvalue weighted by atomic mass is 32.2. The van der Waals surface area contributed by atoms with Crippen LogP contribution in [0.1, 0.15) is 29.7 Å². The van der Waals surface area contributed by atoms with Gasteiger partial charge >= 0.3 is 12.1 Å². The van der Waals surface area contributed by atoms with Gasteiger partial charge in [0.15, 0.2) is 0 Å². The number of alkyl halides is 3. The zero-order chi connectivity index (χ0) is 26.5. The van der Waals surface area contributed by atoms with Crippen LogP contribution in [0.5, 0.6) is 5.75 Å². The number of halogens is 3. The van der Waals surface area contributed by atoms with Gasteiger partial charge in [-0.05, 0) is 42.2 Å². The fraction of sp³-hybridized carbons (Fsp3) is 0.360. The first kappa shape index (κ1) is 27.3. The van der Waals surface area contributed by atoms with Crippen molar-refractivity contribution in [1.29, 1.82) is 0 Å². The van der Waals surface area contributed by atoms with Crippen molar-refractivity contribution in [3.05, 3.63) is 65.2 Å². The predicted octanol–water partition coefficient (Wildman–Crippen LogP) is 3.89. The number of carbonyl (C=O) groups is 1. The molecule has 0 saturated heterocycles. The Balaban J connectivity index is 1.80. The van der Waals surface area contributed by atoms with Gasteiger partial charge in [0.2, 0.25) is 0 Å². The van der Waals surface area contributed by atoms with Gasteiger partial charge in [-0.1, -0.05) is 36.4 Å². The molecule has 1 aliphatic heterocycles. The summed E-state index contributed by atoms with van der Waals surface area (Å²) in [7, 11) is 0.831. The van der Waals surface area contributed by atoms with E-state index < -0.39 is 27.8 Å². The molecular weight excluding hydrogens is 493 g/mol. The predicted molar refractivity (Wildman–Crippen MR) is 137 cm³/mol. The van der Waals surface area contributed by atoms with Crippen LogP contribution >= 0.6 is 0 Å². The molecule has 1 amide bonds. The number of nitrogens with zero attached hydrogens (tertiary/aromatic N) is 4. The Morgan fingerprint density at radius 2 is 1.92 bits per heavy atom. The topological polar surface area (TPSA) is 74.6 Å². The zero-order valence-corrected chi connectivity index (χ0v) is 21.3. The molecule has 2 unspecified atom stereocenters. The first-order valence-electron chi connectivity index (χ1n) is 11.1. The van der Waals surface area contributed by atoms with Crippen LogP contribution in [0, 0.1) is 0 Å². The molecule has 194 valence electrons. The Morgan fingerprint density at radius 3 is 2.56 bits per heavy atom. The van der Waals surface area contributed by atoms with Crippen LogP contribution in [-0.4, -0.2) is 70.5 Å². The highest BCUT2D eigenvalue weighted by Crippen LogP contribution is 2.40. The molecule has 2 aromatic rings. The number of hydrogen-bond donors (Lipinski definition) is 0. The monoisotopic (exact) mass is 522 g/mol. The summed E-state index contributed by atoms with van der Waals surface area (Å²) in [5, 5.41) is 5.64. The van der Waals surface area contributed by atoms with Gasteiger partial charge in [0, 0.05) is 31.8 Å². The number of carbonyl (C=O) groups excluding carboxylic acids is 1. The number of fused-ring (bicyclic) bond motifs is 1. The lowest BCUT2D eigenvalue weighted by Crippen LogP contribution is -2.40. The average Bonchev–Trinajstić information content (AvgIpc) is 3.17. The summed E-state index contributed by atoms with van der Waals surface area (Å²) in [4.78, 5) is 13.5. The second-order valence-electron chi connectivity index (χ2n) is 8.60. The fourth-order valence-electron chi connectivity index (χ4n) is 3.70. The standard InChI is InChI=1S/C25H29F3N4O3S/c1-18(16-29-31(2)3)36(4,34)30-12-13-35-21-11-10-20-17-32(24(33)25(26,27)28)23(22(20)15-21)14-19-8-6-5-7-9-19/h5-12,15-16,23H,13-14,17H2,1-4H3. The molecule has 0 spiro atoms. The van der Waals surface area contributed by atoms with Crippen molar-refractivity contribution in [2.75, 3.05) is 27.0 Å². The SMILES string of the molecule is CC(C=NN(C)C)=S(C)(=O)N=CCOc1ccc2c(c1)C(Cc1ccccc1)N(C(=O)C(F)(F)F)C2. The van der Waals surface area contributed by atoms with E-state index in [4.69, 9.17) is 4.74 Å². The van der Waals surface area contributed by atoms with E-state index in [2.05, 4.69) is 9.50 Å². The van der Waals surface area contributed by atoms with Gasteiger partial charge in [0.25, 0.3) is 0 Å². The van der Waals surface area contributed by atoms with Crippen LogP contribution in [0.3, 0.4) is 0 Å². The first-order valence-corrected chi connectivity index (χ1v) is 13.1. The molecule has 0 bridgehead atoms. The van der Waals surface area contributed by atoms with E-state index in [1.54, 1.807) is 56.4 Å². The van der Waals surface area contributed by atoms with Gasteiger partial charge in [0.05, 0.1) is 28.2 Å². The summed E-state index contributed by atoms with van der Waals surface area (Å²) in [6, 6.07) is 13.2. The third-order valence-electron chi connectivity index (χ3n) is 5.64. The van der Waals surface area contributed by atoms with Crippen molar-refractivity contribution in [2.24, 2.45) is 9.50 Å². The molecule has 0 saturated carbocycles. The molecule has 0 aliphatic carbocycles. The smallest absolute Gasteiger partial charge is 0.471 e. The second kappa shape index (κ2) is 11.2. The van der Waals surface area contributed by atoms with E-state index in [1.165, 1.54) is 18.7 Å². The van der Waals surface area contributed by atoms with Crippen LogP contribution in [0.4, 0.5) is 13.2 Å². The molecule has 0 aromatic heterocycles. The van der Waals surface area contributed by atoms with Gasteiger partial charge in [-0.2, -0.15) is 18.3 Å². The highest BCUT2D eigenvalue weighted by Gasteiger charge is 2.47. The Hall–Kier alpha value is -3.34. The lowest BCUT2D eigenvalue weighted by atomic mass is 9.98. The lowest BCUT2D eigenvalue weighted by molar-refractivity contribution is -0.188. The van der Waals surface area contributed by atoms with Gasteiger partial charge < -0.3 is 14.6 Å². The second-order valence-corrected chi connectivity index (χ2v) is 11.1. The molecule has 0 fully saturated rings. The normalized spacial score (nSPS) is 17.3. The van der Waals surface area contributed by atoms with Gasteiger partial charge in [-0.25, -0.2) is 8.61 Å². The van der Waals surface area contributed by atoms with E-state index in [0.29, 0.717) is 21.7 Å². The van der Waals surface area contributed by atoms with Crippen molar-refractivity contribution in [3.8, 4) is 5.75 Å². The minimum Gasteiger partial charge on any atom is -0.488 e. The third-order valence-corrected chi connectivity index (χ3v) is 7.49. The van der Waals surface area contributed by atoms with E-state index in [1.807, 2.05) is 18.2 Å². The van der Waals surface area contributed by atoms with Crippen molar-refractivity contribution >= 4 is 32.9 Å². The van der Waals surface area contributed by atoms with E-state index in [0.717, 1.165) is 10.5 Å². The Kier molecular flexibility index (Phi) is 8.44. The minimum absolute atomic E-state index is 0.0102. The van der Waals surface area contributed by atoms with Crippen LogP contribution in [0.2, 0.25) is 0 Å². The number of hydrazone groups is 1. The van der Waals surface area contributed by atoms with Crippen molar-refractivity contribution in [3.63, 3.8) is 0 Å². The minimum atomic E-state index is -4.97. The number of benzene rings is 2. The summed E-state index contributed by atoms with van der Waals surface area (Å²) in [6.45, 7) is 1.56. The molecule has 36 heavy (non-hydrogen) atoms. The van der Waals surface area contributed by atoms with Crippen LogP contribution < -0.4 is 4.74 Å². The first-order chi connectivity index (χ1) is 16.9. The number of ether oxygens (including phenoxy) is 1. The summed E-state index contributed by atoms with van der Waals surface area (Å²) in [6.07, 6.45) is -0.351. The largest absolute Gasteiger partial charge is 0.488 e. The van der Waals surface area contributed by atoms with E-state index in [9.17, 15) is 22.2 Å². The molecule has 3 rings (SSSR count). The Bertz CT molecular complexity index is 1270. The van der Waals surface area contributed by atoms with Crippen molar-refractivity contribution < 1.29 is 26.9 Å². The maximum Gasteiger partial charge on any atom is 0.471 e. The van der Waals surface area contributed by atoms with Crippen molar-refractivity contribution in [2.45, 2.75) is 32.1 Å². The lowest BCUT2D eigenvalue weighted by Gasteiger charge is -2.26. The van der Waals surface area contributed by atoms with Crippen LogP contribution in [0.15, 0.2) is 58.0 Å². The molecule has 1 heterocycles. The van der Waals surface area contributed by atoms with Crippen LogP contribution in [-0.2, 0) is 27.5 Å². The van der Waals surface area contributed by atoms with Gasteiger partial charge in [-0.15, -0.1) is 0 Å². The third kappa shape index (κ3) is 6.87. The summed E-state index contributed by atoms with van der Waals surface area (Å²) >= 11 is 0. The Labute approximate surface area is 209 Å². The Morgan fingerprint density at radius 1 is 1.22 bits per heavy atom. The fourth-order valence-corrected chi connectivity index (χ4v) is 4.45. The molecule has 2 atom stereocenters. The van der Waals surface area contributed by atoms with E-state index >= 15 is 0 Å². The molecule has 1 aliphatic rings. The number of hydrogen-bond acceptors (Lipinski definition) is 5. The summed E-state index contributed by atoms with van der Waals surface area (Å²) < 4.78 is 62.4. The molecule has 2 aromatic carbocycles. The zero-order valence-electron chi connectivity index (χ0n) is 20.5. The summed E-state index contributed by atoms with van der Waals surface area (Å²) in [5.41, 5.74) is 2.06. The maximum atomic E-state index is 13.3. The number of amides is 1. The quantitative estimate of drug-likeness (QED) is 0.300. The highest BCUT2D eigenvalue weighted by molar-refractivity contribution is 8.01. The van der Waals surface area contributed by atoms with Crippen molar-refractivity contribution in [1.82, 2.24) is 9.91 Å². The van der Waals surface area contributed by atoms with Gasteiger partial charge in [-0.3, -0.25) is 4.79 Å². The molecule has 11 heteroatoms. The maximum absolute atomic E-state index is 13.3. The molecule has 0 radical (unpaired) electrons. The molecule has 0 N–H and O–H groups in total. The van der Waals surface area contributed by atoms with Crippen LogP contribution in [0.25, 0.3) is 0 Å². The number of rotatable bonds is 8. The van der Waals surface area contributed by atoms with Gasteiger partial charge in [0.1, 0.15) is 12.4 Å². The summed E-state index contributed by atoms with van der Waals surface area (Å²) in [5.74, 6) is -1.45.